The smallest absolute Gasteiger partial charge is 0.408 e. The Hall–Kier alpha value is -3.35. The van der Waals surface area contributed by atoms with E-state index in [9.17, 15) is 19.5 Å². The van der Waals surface area contributed by atoms with Crippen LogP contribution in [0.2, 0.25) is 0 Å². The van der Waals surface area contributed by atoms with E-state index in [1.54, 1.807) is 13.8 Å². The fraction of sp³-hybridized carbons (Fsp3) is 0.444. The molecule has 7 heteroatoms. The summed E-state index contributed by atoms with van der Waals surface area (Å²) >= 11 is 0. The van der Waals surface area contributed by atoms with Crippen LogP contribution in [0.5, 0.6) is 0 Å². The first-order valence-corrected chi connectivity index (χ1v) is 11.9. The average molecular weight is 463 g/mol. The largest absolute Gasteiger partial charge is 0.479 e. The van der Waals surface area contributed by atoms with Gasteiger partial charge in [-0.25, -0.2) is 9.59 Å². The van der Waals surface area contributed by atoms with Crippen LogP contribution in [0.1, 0.15) is 56.6 Å². The van der Waals surface area contributed by atoms with Gasteiger partial charge in [0.25, 0.3) is 0 Å². The summed E-state index contributed by atoms with van der Waals surface area (Å²) < 4.78 is 5.61. The summed E-state index contributed by atoms with van der Waals surface area (Å²) in [5, 5.41) is 12.6. The van der Waals surface area contributed by atoms with Crippen LogP contribution < -0.4 is 5.32 Å². The van der Waals surface area contributed by atoms with Gasteiger partial charge in [-0.1, -0.05) is 48.5 Å². The van der Waals surface area contributed by atoms with Gasteiger partial charge in [-0.3, -0.25) is 4.79 Å². The fourth-order valence-electron chi connectivity index (χ4n) is 5.93. The summed E-state index contributed by atoms with van der Waals surface area (Å²) in [4.78, 5) is 39.8. The molecule has 0 atom stereocenters. The number of carboxylic acid groups (broad SMARTS) is 1. The molecule has 0 radical (unpaired) electrons. The van der Waals surface area contributed by atoms with E-state index in [1.807, 2.05) is 36.4 Å². The number of nitrogens with one attached hydrogen (secondary N) is 1. The Bertz CT molecular complexity index is 1100. The van der Waals surface area contributed by atoms with E-state index in [2.05, 4.69) is 17.4 Å². The molecule has 2 bridgehead atoms. The Labute approximate surface area is 199 Å². The van der Waals surface area contributed by atoms with Gasteiger partial charge in [0.2, 0.25) is 5.91 Å². The lowest BCUT2D eigenvalue weighted by atomic mass is 9.70. The molecule has 4 aliphatic rings. The molecule has 2 N–H and O–H groups in total. The molecule has 2 aromatic carbocycles. The number of amides is 2. The van der Waals surface area contributed by atoms with Crippen LogP contribution in [-0.2, 0) is 14.3 Å². The Morgan fingerprint density at radius 3 is 2.15 bits per heavy atom. The zero-order chi connectivity index (χ0) is 24.1. The predicted octanol–water partition coefficient (Wildman–Crippen LogP) is 4.16. The van der Waals surface area contributed by atoms with E-state index in [1.165, 1.54) is 4.90 Å². The molecule has 2 aliphatic heterocycles. The number of carboxylic acids is 1. The second kappa shape index (κ2) is 8.15. The Morgan fingerprint density at radius 1 is 1.03 bits per heavy atom. The highest BCUT2D eigenvalue weighted by atomic mass is 16.5. The quantitative estimate of drug-likeness (QED) is 0.696. The number of alkyl carbamates (subject to hydrolysis) is 1. The molecule has 7 nitrogen and oxygen atoms in total. The molecular formula is C27H30N2O5. The third-order valence-electron chi connectivity index (χ3n) is 7.83. The summed E-state index contributed by atoms with van der Waals surface area (Å²) in [6.45, 7) is 3.78. The zero-order valence-electron chi connectivity index (χ0n) is 19.5. The molecular weight excluding hydrogens is 432 g/mol. The number of carbonyl (C=O) groups is 3. The normalized spacial score (nSPS) is 23.2. The van der Waals surface area contributed by atoms with E-state index in [-0.39, 0.29) is 18.4 Å². The SMILES string of the molecule is CC(C)(NC(=O)OCC1c2ccccc2-c2ccccc21)C(=O)N1CC2CCC1(C(=O)O)CC2. The molecule has 2 aromatic rings. The second-order valence-corrected chi connectivity index (χ2v) is 10.3. The van der Waals surface area contributed by atoms with E-state index in [0.29, 0.717) is 25.3 Å². The number of aliphatic carboxylic acids is 1. The van der Waals surface area contributed by atoms with E-state index in [4.69, 9.17) is 4.74 Å². The number of hydrogen-bond acceptors (Lipinski definition) is 4. The number of carbonyl (C=O) groups excluding carboxylic acids is 2. The maximum atomic E-state index is 13.4. The number of nitrogens with zero attached hydrogens (tertiary/aromatic N) is 1. The number of fused-ring (bicyclic) bond motifs is 6. The molecule has 0 aromatic heterocycles. The van der Waals surface area contributed by atoms with Crippen molar-refractivity contribution in [2.24, 2.45) is 5.92 Å². The van der Waals surface area contributed by atoms with Crippen molar-refractivity contribution in [2.75, 3.05) is 13.2 Å². The molecule has 1 saturated carbocycles. The van der Waals surface area contributed by atoms with Crippen LogP contribution in [0.4, 0.5) is 4.79 Å². The lowest BCUT2D eigenvalue weighted by Crippen LogP contribution is -2.69. The van der Waals surface area contributed by atoms with Gasteiger partial charge in [-0.2, -0.15) is 0 Å². The van der Waals surface area contributed by atoms with Crippen LogP contribution >= 0.6 is 0 Å². The van der Waals surface area contributed by atoms with Gasteiger partial charge in [-0.05, 0) is 67.7 Å². The fourth-order valence-corrected chi connectivity index (χ4v) is 5.93. The number of hydrogen-bond donors (Lipinski definition) is 2. The van der Waals surface area contributed by atoms with Gasteiger partial charge < -0.3 is 20.1 Å². The van der Waals surface area contributed by atoms with Crippen molar-refractivity contribution in [3.8, 4) is 11.1 Å². The summed E-state index contributed by atoms with van der Waals surface area (Å²) in [6, 6.07) is 16.2. The molecule has 178 valence electrons. The number of piperidine rings is 2. The first-order chi connectivity index (χ1) is 16.2. The van der Waals surface area contributed by atoms with Gasteiger partial charge in [0.15, 0.2) is 0 Å². The van der Waals surface area contributed by atoms with Crippen molar-refractivity contribution in [1.29, 1.82) is 0 Å². The average Bonchev–Trinajstić information content (AvgIpc) is 3.16. The predicted molar refractivity (Wildman–Crippen MR) is 126 cm³/mol. The van der Waals surface area contributed by atoms with Crippen molar-refractivity contribution in [3.05, 3.63) is 59.7 Å². The molecule has 6 rings (SSSR count). The first-order valence-electron chi connectivity index (χ1n) is 11.9. The van der Waals surface area contributed by atoms with Crippen LogP contribution in [0, 0.1) is 5.92 Å². The summed E-state index contributed by atoms with van der Waals surface area (Å²) in [7, 11) is 0. The number of ether oxygens (including phenoxy) is 1. The Balaban J connectivity index is 1.28. The van der Waals surface area contributed by atoms with Crippen LogP contribution in [-0.4, -0.2) is 52.2 Å². The maximum Gasteiger partial charge on any atom is 0.408 e. The minimum absolute atomic E-state index is 0.0786. The lowest BCUT2D eigenvalue weighted by Gasteiger charge is -2.53. The highest BCUT2D eigenvalue weighted by Gasteiger charge is 2.55. The van der Waals surface area contributed by atoms with Crippen molar-refractivity contribution in [1.82, 2.24) is 10.2 Å². The van der Waals surface area contributed by atoms with Gasteiger partial charge in [0, 0.05) is 12.5 Å². The minimum Gasteiger partial charge on any atom is -0.479 e. The van der Waals surface area contributed by atoms with Crippen molar-refractivity contribution in [3.63, 3.8) is 0 Å². The van der Waals surface area contributed by atoms with Gasteiger partial charge in [-0.15, -0.1) is 0 Å². The van der Waals surface area contributed by atoms with Crippen molar-refractivity contribution >= 4 is 18.0 Å². The lowest BCUT2D eigenvalue weighted by molar-refractivity contribution is -0.173. The second-order valence-electron chi connectivity index (χ2n) is 10.3. The highest BCUT2D eigenvalue weighted by molar-refractivity contribution is 5.94. The topological polar surface area (TPSA) is 95.9 Å². The molecule has 2 aliphatic carbocycles. The molecule has 34 heavy (non-hydrogen) atoms. The molecule has 2 amide bonds. The third kappa shape index (κ3) is 3.54. The highest BCUT2D eigenvalue weighted by Crippen LogP contribution is 2.45. The molecule has 0 unspecified atom stereocenters. The monoisotopic (exact) mass is 462 g/mol. The van der Waals surface area contributed by atoms with Crippen LogP contribution in [0.3, 0.4) is 0 Å². The van der Waals surface area contributed by atoms with E-state index < -0.39 is 23.1 Å². The summed E-state index contributed by atoms with van der Waals surface area (Å²) in [5.41, 5.74) is 2.04. The van der Waals surface area contributed by atoms with Gasteiger partial charge in [0.05, 0.1) is 0 Å². The van der Waals surface area contributed by atoms with Crippen molar-refractivity contribution in [2.45, 2.75) is 56.5 Å². The third-order valence-corrected chi connectivity index (χ3v) is 7.83. The standard InChI is InChI=1S/C27H30N2O5/c1-26(2,23(30)29-15-17-11-13-27(29,14-12-17)24(31)32)28-25(33)34-16-22-20-9-5-3-7-18(20)19-8-4-6-10-21(19)22/h3-10,17,22H,11-16H2,1-2H3,(H,28,33)(H,31,32). The number of benzene rings is 2. The Kier molecular flexibility index (Phi) is 5.38. The molecule has 2 saturated heterocycles. The Morgan fingerprint density at radius 2 is 1.59 bits per heavy atom. The van der Waals surface area contributed by atoms with Gasteiger partial charge >= 0.3 is 12.1 Å². The zero-order valence-corrected chi connectivity index (χ0v) is 19.5. The van der Waals surface area contributed by atoms with Gasteiger partial charge in [0.1, 0.15) is 17.7 Å². The molecule has 3 fully saturated rings. The summed E-state index contributed by atoms with van der Waals surface area (Å²) in [6.07, 6.45) is 1.86. The van der Waals surface area contributed by atoms with E-state index >= 15 is 0 Å². The van der Waals surface area contributed by atoms with Crippen molar-refractivity contribution < 1.29 is 24.2 Å². The number of rotatable bonds is 5. The first kappa shape index (κ1) is 22.4. The minimum atomic E-state index is -1.29. The van der Waals surface area contributed by atoms with E-state index in [0.717, 1.165) is 35.1 Å². The van der Waals surface area contributed by atoms with Crippen LogP contribution in [0.25, 0.3) is 11.1 Å². The van der Waals surface area contributed by atoms with Crippen LogP contribution in [0.15, 0.2) is 48.5 Å². The maximum absolute atomic E-state index is 13.4. The summed E-state index contributed by atoms with van der Waals surface area (Å²) in [5.74, 6) is -1.11. The molecule has 0 spiro atoms. The molecule has 2 heterocycles.